The molecular weight excluding hydrogens is 764 g/mol. The Bertz CT molecular complexity index is 1840. The minimum atomic E-state index is -1.74. The van der Waals surface area contributed by atoms with Crippen LogP contribution in [0.1, 0.15) is 25.0 Å². The molecule has 3 unspecified atom stereocenters. The third kappa shape index (κ3) is 8.60. The second-order valence-electron chi connectivity index (χ2n) is 14.6. The van der Waals surface area contributed by atoms with E-state index in [0.717, 1.165) is 12.5 Å². The number of carbonyl (C=O) groups excluding carboxylic acids is 3. The van der Waals surface area contributed by atoms with Crippen molar-refractivity contribution >= 4 is 30.1 Å². The Balaban J connectivity index is 1.14. The average Bonchev–Trinajstić information content (AvgIpc) is 3.90. The summed E-state index contributed by atoms with van der Waals surface area (Å²) in [6, 6.07) is 18.0. The van der Waals surface area contributed by atoms with Crippen molar-refractivity contribution in [1.82, 2.24) is 0 Å². The van der Waals surface area contributed by atoms with Crippen LogP contribution in [0.4, 0.5) is 0 Å². The van der Waals surface area contributed by atoms with Crippen molar-refractivity contribution in [2.45, 2.75) is 99.4 Å². The molecular formula is C41H46O17. The summed E-state index contributed by atoms with van der Waals surface area (Å²) in [4.78, 5) is 39.3. The lowest BCUT2D eigenvalue weighted by atomic mass is 9.85. The summed E-state index contributed by atoms with van der Waals surface area (Å²) < 4.78 is 53.6. The topological polar surface area (TPSA) is 239 Å². The van der Waals surface area contributed by atoms with Crippen molar-refractivity contribution in [2.24, 2.45) is 11.8 Å². The molecule has 2 aromatic carbocycles. The van der Waals surface area contributed by atoms with Crippen molar-refractivity contribution in [3.05, 3.63) is 96.3 Å². The van der Waals surface area contributed by atoms with Crippen LogP contribution in [0, 0.1) is 11.8 Å². The predicted octanol–water partition coefficient (Wildman–Crippen LogP) is 0.361. The van der Waals surface area contributed by atoms with Crippen LogP contribution >= 0.6 is 0 Å². The van der Waals surface area contributed by atoms with Gasteiger partial charge in [0.25, 0.3) is 0 Å². The Kier molecular flexibility index (Phi) is 12.7. The van der Waals surface area contributed by atoms with Gasteiger partial charge in [0.2, 0.25) is 6.29 Å². The molecule has 5 N–H and O–H groups in total. The first-order chi connectivity index (χ1) is 27.9. The maximum absolute atomic E-state index is 13.4. The van der Waals surface area contributed by atoms with Gasteiger partial charge in [-0.25, -0.2) is 9.59 Å². The lowest BCUT2D eigenvalue weighted by Gasteiger charge is -2.45. The highest BCUT2D eigenvalue weighted by molar-refractivity contribution is 5.88. The molecule has 3 saturated heterocycles. The van der Waals surface area contributed by atoms with Crippen molar-refractivity contribution in [1.29, 1.82) is 0 Å². The highest BCUT2D eigenvalue weighted by Gasteiger charge is 2.77. The van der Waals surface area contributed by atoms with Gasteiger partial charge in [-0.2, -0.15) is 0 Å². The van der Waals surface area contributed by atoms with Gasteiger partial charge >= 0.3 is 17.9 Å². The molecule has 0 bridgehead atoms. The van der Waals surface area contributed by atoms with E-state index in [-0.39, 0.29) is 0 Å². The van der Waals surface area contributed by atoms with E-state index in [1.54, 1.807) is 67.6 Å². The monoisotopic (exact) mass is 810 g/mol. The van der Waals surface area contributed by atoms with Crippen LogP contribution in [-0.4, -0.2) is 142 Å². The largest absolute Gasteiger partial charge is 0.472 e. The van der Waals surface area contributed by atoms with Gasteiger partial charge < -0.3 is 68.2 Å². The SMILES string of the molecule is CC(=O)O[C@H]1C(O[C@H]2C3C=CO[C@H](O[C@@H]4O[C@H](CO)[C@@H](O)[C@H](O)[C@H]4O)C3[C@@]3(CO)O[C@@H]23)O[C@@H](C)[C@H](OC(=O)/C=C/c2ccccc2)[C@H]1OC(=O)/C=C/c1ccccc1. The van der Waals surface area contributed by atoms with Crippen molar-refractivity contribution < 1.29 is 82.5 Å². The predicted molar refractivity (Wildman–Crippen MR) is 196 cm³/mol. The number of hydrogen-bond acceptors (Lipinski definition) is 17. The van der Waals surface area contributed by atoms with Gasteiger partial charge in [0.05, 0.1) is 37.6 Å². The number of carbonyl (C=O) groups is 3. The molecule has 0 spiro atoms. The van der Waals surface area contributed by atoms with Crippen molar-refractivity contribution in [3.63, 3.8) is 0 Å². The molecule has 312 valence electrons. The Morgan fingerprint density at radius 1 is 0.724 bits per heavy atom. The number of ether oxygens (including phenoxy) is 9. The van der Waals surface area contributed by atoms with E-state index in [1.807, 2.05) is 12.1 Å². The molecule has 1 aliphatic carbocycles. The average molecular weight is 811 g/mol. The van der Waals surface area contributed by atoms with Gasteiger partial charge in [0.15, 0.2) is 30.9 Å². The lowest BCUT2D eigenvalue weighted by Crippen LogP contribution is -2.62. The molecule has 4 fully saturated rings. The van der Waals surface area contributed by atoms with Crippen LogP contribution in [0.3, 0.4) is 0 Å². The third-order valence-corrected chi connectivity index (χ3v) is 10.8. The van der Waals surface area contributed by atoms with E-state index in [0.29, 0.717) is 5.56 Å². The van der Waals surface area contributed by atoms with E-state index < -0.39 is 128 Å². The molecule has 16 atom stereocenters. The Hall–Kier alpha value is -4.53. The summed E-state index contributed by atoms with van der Waals surface area (Å²) in [6.45, 7) is 1.50. The Labute approximate surface area is 332 Å². The summed E-state index contributed by atoms with van der Waals surface area (Å²) >= 11 is 0. The normalized spacial score (nSPS) is 39.1. The van der Waals surface area contributed by atoms with Crippen LogP contribution in [0.5, 0.6) is 0 Å². The lowest BCUT2D eigenvalue weighted by molar-refractivity contribution is -0.347. The molecule has 17 heteroatoms. The van der Waals surface area contributed by atoms with Crippen LogP contribution in [-0.2, 0) is 57.0 Å². The highest BCUT2D eigenvalue weighted by atomic mass is 16.8. The molecule has 0 aromatic heterocycles. The van der Waals surface area contributed by atoms with Crippen LogP contribution in [0.2, 0.25) is 0 Å². The minimum Gasteiger partial charge on any atom is -0.472 e. The number of aliphatic hydroxyl groups excluding tert-OH is 5. The number of epoxide rings is 1. The van der Waals surface area contributed by atoms with Gasteiger partial charge in [-0.05, 0) is 36.3 Å². The fraction of sp³-hybridized carbons (Fsp3) is 0.488. The van der Waals surface area contributed by atoms with Gasteiger partial charge in [0.1, 0.15) is 36.1 Å². The zero-order valence-corrected chi connectivity index (χ0v) is 31.4. The second-order valence-corrected chi connectivity index (χ2v) is 14.6. The zero-order chi connectivity index (χ0) is 41.1. The minimum absolute atomic E-state index is 0.526. The fourth-order valence-corrected chi connectivity index (χ4v) is 7.96. The standard InChI is InChI=1S/C41H46O17/c1-21-33(54-27(45)15-13-23-9-5-3-6-10-23)35(55-28(46)16-14-24-11-7-4-8-12-24)36(52-22(2)44)40(51-21)56-34-25-17-18-50-38(29(25)41(20-43)37(34)58-41)57-39-32(49)31(48)30(47)26(19-42)53-39/h3-18,21,25-26,29-40,42-43,47-49H,19-20H2,1-2H3/b15-13+,16-14+/t21-,25?,26+,29?,30+,31-,32+,33-,34-,35+,36+,37-,38+,39-,40?,41+/m0/s1. The van der Waals surface area contributed by atoms with Crippen LogP contribution < -0.4 is 0 Å². The summed E-state index contributed by atoms with van der Waals surface area (Å²) in [5, 5.41) is 51.6. The number of fused-ring (bicyclic) bond motifs is 3. The van der Waals surface area contributed by atoms with Crippen molar-refractivity contribution in [2.75, 3.05) is 13.2 Å². The maximum Gasteiger partial charge on any atom is 0.331 e. The van der Waals surface area contributed by atoms with Gasteiger partial charge in [-0.1, -0.05) is 60.7 Å². The number of rotatable bonds is 13. The number of aliphatic hydroxyl groups is 5. The molecule has 0 amide bonds. The summed E-state index contributed by atoms with van der Waals surface area (Å²) in [5.41, 5.74) is 0.136. The molecule has 2 aromatic rings. The van der Waals surface area contributed by atoms with Gasteiger partial charge in [-0.3, -0.25) is 4.79 Å². The highest BCUT2D eigenvalue weighted by Crippen LogP contribution is 2.61. The Morgan fingerprint density at radius 2 is 1.34 bits per heavy atom. The maximum atomic E-state index is 13.4. The molecule has 5 aliphatic rings. The van der Waals surface area contributed by atoms with Gasteiger partial charge in [-0.15, -0.1) is 0 Å². The fourth-order valence-electron chi connectivity index (χ4n) is 7.96. The van der Waals surface area contributed by atoms with E-state index >= 15 is 0 Å². The first kappa shape index (κ1) is 41.6. The summed E-state index contributed by atoms with van der Waals surface area (Å²) in [7, 11) is 0. The molecule has 17 nitrogen and oxygen atoms in total. The molecule has 4 heterocycles. The first-order valence-electron chi connectivity index (χ1n) is 18.9. The second kappa shape index (κ2) is 17.8. The molecule has 4 aliphatic heterocycles. The van der Waals surface area contributed by atoms with E-state index in [4.69, 9.17) is 42.6 Å². The van der Waals surface area contributed by atoms with Crippen molar-refractivity contribution in [3.8, 4) is 0 Å². The summed E-state index contributed by atoms with van der Waals surface area (Å²) in [5.74, 6) is -3.88. The van der Waals surface area contributed by atoms with Crippen LogP contribution in [0.15, 0.2) is 85.2 Å². The zero-order valence-electron chi connectivity index (χ0n) is 31.4. The third-order valence-electron chi connectivity index (χ3n) is 10.8. The molecule has 0 radical (unpaired) electrons. The number of hydrogen-bond donors (Lipinski definition) is 5. The molecule has 58 heavy (non-hydrogen) atoms. The Morgan fingerprint density at radius 3 is 1.93 bits per heavy atom. The molecule has 7 rings (SSSR count). The van der Waals surface area contributed by atoms with Crippen LogP contribution in [0.25, 0.3) is 12.2 Å². The van der Waals surface area contributed by atoms with Gasteiger partial charge in [0, 0.05) is 25.0 Å². The first-order valence-corrected chi connectivity index (χ1v) is 18.9. The van der Waals surface area contributed by atoms with E-state index in [2.05, 4.69) is 0 Å². The number of benzene rings is 2. The molecule has 1 saturated carbocycles. The van der Waals surface area contributed by atoms with E-state index in [1.165, 1.54) is 24.5 Å². The quantitative estimate of drug-likeness (QED) is 0.0795. The summed E-state index contributed by atoms with van der Waals surface area (Å²) in [6.07, 6.45) is -9.16. The smallest absolute Gasteiger partial charge is 0.331 e. The van der Waals surface area contributed by atoms with E-state index in [9.17, 15) is 39.9 Å². The number of esters is 3.